The molecule has 2 aromatic carbocycles. The third-order valence-corrected chi connectivity index (χ3v) is 5.05. The Hall–Kier alpha value is -2.06. The number of para-hydroxylation sites is 2. The highest BCUT2D eigenvalue weighted by Crippen LogP contribution is 2.35. The molecule has 30 heavy (non-hydrogen) atoms. The van der Waals surface area contributed by atoms with Gasteiger partial charge in [0.1, 0.15) is 24.2 Å². The maximum Gasteiger partial charge on any atom is 0.231 e. The lowest BCUT2D eigenvalue weighted by Crippen LogP contribution is -3.00. The summed E-state index contributed by atoms with van der Waals surface area (Å²) in [7, 11) is 1.70. The molecule has 1 unspecified atom stereocenters. The first-order valence-electron chi connectivity index (χ1n) is 9.54. The Morgan fingerprint density at radius 1 is 1.00 bits per heavy atom. The Morgan fingerprint density at radius 3 is 2.50 bits per heavy atom. The second kappa shape index (κ2) is 11.4. The van der Waals surface area contributed by atoms with Crippen molar-refractivity contribution in [2.75, 3.05) is 58.1 Å². The van der Waals surface area contributed by atoms with E-state index < -0.39 is 6.10 Å². The van der Waals surface area contributed by atoms with E-state index in [1.165, 1.54) is 0 Å². The first-order chi connectivity index (χ1) is 13.7. The summed E-state index contributed by atoms with van der Waals surface area (Å²) in [4.78, 5) is 4.59. The van der Waals surface area contributed by atoms with E-state index in [-0.39, 0.29) is 38.2 Å². The number of aliphatic hydroxyl groups excluding tert-OH is 1. The molecule has 0 aromatic heterocycles. The average Bonchev–Trinajstić information content (AvgIpc) is 3.21. The molecule has 9 heteroatoms. The van der Waals surface area contributed by atoms with Crippen LogP contribution in [0, 0.1) is 0 Å². The lowest BCUT2D eigenvalue weighted by atomic mass is 10.2. The number of piperazine rings is 1. The monoisotopic (exact) mass is 456 g/mol. The summed E-state index contributed by atoms with van der Waals surface area (Å²) in [5.74, 6) is 2.97. The first-order valence-corrected chi connectivity index (χ1v) is 9.54. The predicted octanol–water partition coefficient (Wildman–Crippen LogP) is -4.01. The summed E-state index contributed by atoms with van der Waals surface area (Å²) >= 11 is 0. The quantitative estimate of drug-likeness (QED) is 0.455. The minimum Gasteiger partial charge on any atom is -1.00 e. The summed E-state index contributed by atoms with van der Waals surface area (Å²) in [6, 6.07) is 13.5. The molecule has 0 aliphatic carbocycles. The summed E-state index contributed by atoms with van der Waals surface area (Å²) in [6.45, 7) is 4.64. The highest BCUT2D eigenvalue weighted by molar-refractivity contribution is 5.58. The Kier molecular flexibility index (Phi) is 9.17. The normalized spacial score (nSPS) is 16.3. The van der Waals surface area contributed by atoms with Gasteiger partial charge >= 0.3 is 0 Å². The summed E-state index contributed by atoms with van der Waals surface area (Å²) in [6.07, 6.45) is -0.553. The van der Waals surface area contributed by atoms with E-state index in [9.17, 15) is 5.11 Å². The fraction of sp³-hybridized carbons (Fsp3) is 0.429. The van der Waals surface area contributed by atoms with Gasteiger partial charge < -0.3 is 53.8 Å². The van der Waals surface area contributed by atoms with Crippen molar-refractivity contribution < 1.29 is 48.9 Å². The first kappa shape index (κ1) is 24.2. The van der Waals surface area contributed by atoms with Gasteiger partial charge in [0.05, 0.1) is 12.8 Å². The number of hydrogen-bond acceptors (Lipinski definition) is 7. The van der Waals surface area contributed by atoms with Gasteiger partial charge in [-0.15, -0.1) is 0 Å². The van der Waals surface area contributed by atoms with Crippen LogP contribution in [0.4, 0.5) is 5.69 Å². The number of anilines is 1. The topological polar surface area (TPSA) is 63.6 Å². The molecule has 0 saturated carbocycles. The van der Waals surface area contributed by atoms with Crippen molar-refractivity contribution in [3.63, 3.8) is 0 Å². The van der Waals surface area contributed by atoms with Crippen LogP contribution in [0.3, 0.4) is 0 Å². The molecule has 0 bridgehead atoms. The minimum atomic E-state index is -0.553. The molecule has 0 spiro atoms. The number of rotatable bonds is 7. The molecule has 166 valence electrons. The number of methoxy groups -OCH3 is 1. The Bertz CT molecular complexity index is 803. The molecular formula is C21H26Cl2N2O5-2. The molecule has 0 amide bonds. The maximum atomic E-state index is 10.4. The van der Waals surface area contributed by atoms with Crippen molar-refractivity contribution in [1.82, 2.24) is 4.90 Å². The zero-order valence-corrected chi connectivity index (χ0v) is 18.3. The molecule has 2 heterocycles. The van der Waals surface area contributed by atoms with Crippen LogP contribution < -0.4 is 48.7 Å². The zero-order valence-electron chi connectivity index (χ0n) is 16.8. The fourth-order valence-corrected chi connectivity index (χ4v) is 3.57. The van der Waals surface area contributed by atoms with Crippen molar-refractivity contribution in [2.24, 2.45) is 0 Å². The van der Waals surface area contributed by atoms with Crippen LogP contribution in [0.5, 0.6) is 23.0 Å². The maximum absolute atomic E-state index is 10.4. The van der Waals surface area contributed by atoms with Gasteiger partial charge in [0.15, 0.2) is 11.5 Å². The number of ether oxygens (including phenoxy) is 4. The van der Waals surface area contributed by atoms with Crippen LogP contribution in [0.1, 0.15) is 0 Å². The molecule has 1 atom stereocenters. The largest absolute Gasteiger partial charge is 1.00 e. The lowest BCUT2D eigenvalue weighted by molar-refractivity contribution is -0.001000. The van der Waals surface area contributed by atoms with Crippen LogP contribution in [-0.2, 0) is 0 Å². The third kappa shape index (κ3) is 5.76. The van der Waals surface area contributed by atoms with Crippen molar-refractivity contribution in [1.29, 1.82) is 0 Å². The zero-order chi connectivity index (χ0) is 19.3. The van der Waals surface area contributed by atoms with Crippen molar-refractivity contribution in [3.05, 3.63) is 42.5 Å². The Morgan fingerprint density at radius 2 is 1.73 bits per heavy atom. The van der Waals surface area contributed by atoms with Crippen molar-refractivity contribution >= 4 is 5.69 Å². The molecule has 2 aromatic rings. The third-order valence-electron chi connectivity index (χ3n) is 5.05. The van der Waals surface area contributed by atoms with Gasteiger partial charge in [-0.05, 0) is 24.3 Å². The smallest absolute Gasteiger partial charge is 0.231 e. The Labute approximate surface area is 189 Å². The number of halogens is 2. The SMILES string of the molecule is COc1ccccc1N1CCN(CC(O)COc2ccc3c(c2)OCO3)CC1.[Cl-].[Cl-]. The molecule has 1 N–H and O–H groups in total. The van der Waals surface area contributed by atoms with Gasteiger partial charge in [-0.1, -0.05) is 12.1 Å². The fourth-order valence-electron chi connectivity index (χ4n) is 3.57. The van der Waals surface area contributed by atoms with Crippen LogP contribution in [0.2, 0.25) is 0 Å². The number of aliphatic hydroxyl groups is 1. The van der Waals surface area contributed by atoms with Gasteiger partial charge in [-0.25, -0.2) is 0 Å². The van der Waals surface area contributed by atoms with Crippen LogP contribution in [0.25, 0.3) is 0 Å². The van der Waals surface area contributed by atoms with Gasteiger partial charge in [-0.2, -0.15) is 0 Å². The Balaban J connectivity index is 0.00000160. The molecule has 2 aliphatic rings. The summed E-state index contributed by atoms with van der Waals surface area (Å²) < 4.78 is 21.8. The standard InChI is InChI=1S/C21H26N2O5.2ClH/c1-25-19-5-3-2-4-18(19)23-10-8-22(9-11-23)13-16(24)14-26-17-6-7-20-21(12-17)28-15-27-20;;/h2-7,12,16,24H,8-11,13-15H2,1H3;2*1H/p-2. The van der Waals surface area contributed by atoms with E-state index in [0.717, 1.165) is 43.4 Å². The number of fused-ring (bicyclic) bond motifs is 1. The summed E-state index contributed by atoms with van der Waals surface area (Å²) in [5.41, 5.74) is 1.12. The average molecular weight is 457 g/mol. The number of nitrogens with zero attached hydrogens (tertiary/aromatic N) is 2. The highest BCUT2D eigenvalue weighted by atomic mass is 35.5. The number of β-amino-alcohol motifs (C(OH)–C–C–N with tert-alkyl or cyclic N) is 1. The van der Waals surface area contributed by atoms with Crippen LogP contribution in [0.15, 0.2) is 42.5 Å². The van der Waals surface area contributed by atoms with Crippen molar-refractivity contribution in [3.8, 4) is 23.0 Å². The highest BCUT2D eigenvalue weighted by Gasteiger charge is 2.21. The van der Waals surface area contributed by atoms with Gasteiger partial charge in [0.25, 0.3) is 0 Å². The molecule has 7 nitrogen and oxygen atoms in total. The number of benzene rings is 2. The van der Waals surface area contributed by atoms with E-state index in [1.54, 1.807) is 13.2 Å². The van der Waals surface area contributed by atoms with Gasteiger partial charge in [-0.3, -0.25) is 4.90 Å². The second-order valence-corrected chi connectivity index (χ2v) is 6.94. The van der Waals surface area contributed by atoms with Crippen LogP contribution in [-0.4, -0.2) is 69.3 Å². The lowest BCUT2D eigenvalue weighted by Gasteiger charge is -2.37. The van der Waals surface area contributed by atoms with E-state index in [4.69, 9.17) is 18.9 Å². The predicted molar refractivity (Wildman–Crippen MR) is 106 cm³/mol. The minimum absolute atomic E-state index is 0. The van der Waals surface area contributed by atoms with Gasteiger partial charge in [0, 0.05) is 38.8 Å². The van der Waals surface area contributed by atoms with Crippen LogP contribution >= 0.6 is 0 Å². The molecular weight excluding hydrogens is 431 g/mol. The summed E-state index contributed by atoms with van der Waals surface area (Å²) in [5, 5.41) is 10.4. The van der Waals surface area contributed by atoms with E-state index >= 15 is 0 Å². The van der Waals surface area contributed by atoms with E-state index in [1.807, 2.05) is 30.3 Å². The number of hydrogen-bond donors (Lipinski definition) is 1. The molecule has 2 aliphatic heterocycles. The second-order valence-electron chi connectivity index (χ2n) is 6.94. The molecule has 1 saturated heterocycles. The molecule has 4 rings (SSSR count). The van der Waals surface area contributed by atoms with E-state index in [0.29, 0.717) is 18.0 Å². The van der Waals surface area contributed by atoms with E-state index in [2.05, 4.69) is 15.9 Å². The van der Waals surface area contributed by atoms with Gasteiger partial charge in [0.2, 0.25) is 6.79 Å². The molecule has 1 fully saturated rings. The molecule has 0 radical (unpaired) electrons. The van der Waals surface area contributed by atoms with Crippen molar-refractivity contribution in [2.45, 2.75) is 6.10 Å².